The normalized spacial score (nSPS) is 20.9. The van der Waals surface area contributed by atoms with Crippen LogP contribution in [0.15, 0.2) is 24.4 Å². The molecule has 1 aliphatic carbocycles. The lowest BCUT2D eigenvalue weighted by molar-refractivity contribution is -0.122. The molecule has 1 saturated carbocycles. The van der Waals surface area contributed by atoms with Crippen LogP contribution in [0.25, 0.3) is 0 Å². The molecule has 0 radical (unpaired) electrons. The van der Waals surface area contributed by atoms with Crippen LogP contribution in [0.1, 0.15) is 45.1 Å². The van der Waals surface area contributed by atoms with Crippen LogP contribution in [0.5, 0.6) is 0 Å². The van der Waals surface area contributed by atoms with Gasteiger partial charge in [-0.2, -0.15) is 4.98 Å². The number of anilines is 4. The van der Waals surface area contributed by atoms with Crippen molar-refractivity contribution in [3.8, 4) is 0 Å². The van der Waals surface area contributed by atoms with Crippen molar-refractivity contribution in [1.29, 1.82) is 0 Å². The van der Waals surface area contributed by atoms with Crippen molar-refractivity contribution in [2.45, 2.75) is 51.5 Å². The number of benzene rings is 1. The first-order valence-electron chi connectivity index (χ1n) is 13.3. The average Bonchev–Trinajstić information content (AvgIpc) is 3.27. The van der Waals surface area contributed by atoms with Crippen LogP contribution in [0.4, 0.5) is 27.5 Å². The van der Waals surface area contributed by atoms with Gasteiger partial charge in [0, 0.05) is 56.1 Å². The molecule has 1 atom stereocenters. The summed E-state index contributed by atoms with van der Waals surface area (Å²) in [6.07, 6.45) is 6.63. The summed E-state index contributed by atoms with van der Waals surface area (Å²) in [5.41, 5.74) is 1.57. The number of halogens is 1. The van der Waals surface area contributed by atoms with Crippen LogP contribution >= 0.6 is 0 Å². The third kappa shape index (κ3) is 4.99. The second-order valence-corrected chi connectivity index (χ2v) is 10.6. The van der Waals surface area contributed by atoms with E-state index in [9.17, 15) is 14.0 Å². The van der Waals surface area contributed by atoms with Gasteiger partial charge in [-0.1, -0.05) is 13.8 Å². The van der Waals surface area contributed by atoms with E-state index in [1.807, 2.05) is 11.0 Å². The molecular formula is C27H36FN7O2. The van der Waals surface area contributed by atoms with Gasteiger partial charge in [-0.05, 0) is 56.2 Å². The second-order valence-electron chi connectivity index (χ2n) is 10.6. The Labute approximate surface area is 217 Å². The summed E-state index contributed by atoms with van der Waals surface area (Å²) in [6, 6.07) is 5.05. The molecule has 5 rings (SSSR count). The molecule has 1 aromatic carbocycles. The predicted octanol–water partition coefficient (Wildman–Crippen LogP) is 2.99. The number of nitrogens with one attached hydrogen (secondary N) is 3. The third-order valence-electron chi connectivity index (χ3n) is 8.24. The van der Waals surface area contributed by atoms with E-state index in [4.69, 9.17) is 4.98 Å². The largest absolute Gasteiger partial charge is 0.367 e. The highest BCUT2D eigenvalue weighted by Crippen LogP contribution is 2.45. The number of piperazine rings is 1. The third-order valence-corrected chi connectivity index (χ3v) is 8.24. The summed E-state index contributed by atoms with van der Waals surface area (Å²) < 4.78 is 15.0. The van der Waals surface area contributed by atoms with Crippen LogP contribution in [-0.4, -0.2) is 60.5 Å². The molecule has 2 aromatic rings. The minimum absolute atomic E-state index is 0.0214. The molecule has 0 bridgehead atoms. The number of amides is 2. The van der Waals surface area contributed by atoms with Crippen molar-refractivity contribution in [1.82, 2.24) is 20.6 Å². The topological polar surface area (TPSA) is 102 Å². The summed E-state index contributed by atoms with van der Waals surface area (Å²) in [5.74, 6) is 0.601. The van der Waals surface area contributed by atoms with Gasteiger partial charge in [0.15, 0.2) is 0 Å². The molecule has 0 unspecified atom stereocenters. The molecule has 2 saturated heterocycles. The maximum atomic E-state index is 15.0. The van der Waals surface area contributed by atoms with E-state index in [0.29, 0.717) is 30.2 Å². The lowest BCUT2D eigenvalue weighted by Gasteiger charge is -2.51. The fourth-order valence-corrected chi connectivity index (χ4v) is 5.79. The van der Waals surface area contributed by atoms with E-state index in [1.54, 1.807) is 17.2 Å². The maximum Gasteiger partial charge on any atom is 0.229 e. The molecule has 2 aliphatic heterocycles. The van der Waals surface area contributed by atoms with Gasteiger partial charge in [0.25, 0.3) is 0 Å². The van der Waals surface area contributed by atoms with E-state index < -0.39 is 0 Å². The Kier molecular flexibility index (Phi) is 7.28. The molecule has 9 nitrogen and oxygen atoms in total. The van der Waals surface area contributed by atoms with Crippen LogP contribution < -0.4 is 25.8 Å². The van der Waals surface area contributed by atoms with Gasteiger partial charge in [-0.15, -0.1) is 0 Å². The number of nitrogens with zero attached hydrogens (tertiary/aromatic N) is 4. The number of aromatic nitrogens is 2. The van der Waals surface area contributed by atoms with Crippen molar-refractivity contribution in [2.24, 2.45) is 11.8 Å². The number of hydrogen-bond donors (Lipinski definition) is 3. The van der Waals surface area contributed by atoms with Crippen molar-refractivity contribution in [3.63, 3.8) is 0 Å². The Morgan fingerprint density at radius 1 is 1.27 bits per heavy atom. The van der Waals surface area contributed by atoms with Crippen LogP contribution in [-0.2, 0) is 16.0 Å². The molecule has 37 heavy (non-hydrogen) atoms. The first-order valence-corrected chi connectivity index (χ1v) is 13.3. The van der Waals surface area contributed by atoms with Gasteiger partial charge in [-0.3, -0.25) is 14.5 Å². The first-order chi connectivity index (χ1) is 17.9. The molecule has 3 fully saturated rings. The zero-order valence-corrected chi connectivity index (χ0v) is 21.6. The Bertz CT molecular complexity index is 1150. The lowest BCUT2D eigenvalue weighted by atomic mass is 9.68. The van der Waals surface area contributed by atoms with Gasteiger partial charge in [0.1, 0.15) is 11.6 Å². The molecule has 2 amide bonds. The van der Waals surface area contributed by atoms with Gasteiger partial charge in [0.2, 0.25) is 18.3 Å². The highest BCUT2D eigenvalue weighted by Gasteiger charge is 2.46. The van der Waals surface area contributed by atoms with E-state index >= 15 is 0 Å². The second kappa shape index (κ2) is 10.6. The van der Waals surface area contributed by atoms with Gasteiger partial charge in [-0.25, -0.2) is 9.37 Å². The molecule has 1 aromatic heterocycles. The van der Waals surface area contributed by atoms with Crippen LogP contribution in [0, 0.1) is 17.7 Å². The summed E-state index contributed by atoms with van der Waals surface area (Å²) in [5, 5.41) is 9.29. The van der Waals surface area contributed by atoms with Gasteiger partial charge < -0.3 is 20.9 Å². The molecule has 0 spiro atoms. The number of carbonyl (C=O) groups excluding carboxylic acids is 2. The molecule has 3 aliphatic rings. The Hall–Kier alpha value is -3.27. The van der Waals surface area contributed by atoms with Gasteiger partial charge in [0.05, 0.1) is 11.2 Å². The first kappa shape index (κ1) is 25.4. The van der Waals surface area contributed by atoms with Crippen molar-refractivity contribution in [2.75, 3.05) is 47.8 Å². The highest BCUT2D eigenvalue weighted by atomic mass is 19.1. The quantitative estimate of drug-likeness (QED) is 0.447. The Morgan fingerprint density at radius 3 is 2.65 bits per heavy atom. The highest BCUT2D eigenvalue weighted by molar-refractivity contribution is 5.82. The SMILES string of the molecule is CC(C)C1(N(C=O)c2nc(Nc3ccc(N4CCNCC4)c(F)c3)ncc2C[C@@H]2CCNC2=O)CCC1. The molecular weight excluding hydrogens is 473 g/mol. The fraction of sp³-hybridized carbons (Fsp3) is 0.556. The average molecular weight is 510 g/mol. The van der Waals surface area contributed by atoms with Gasteiger partial charge >= 0.3 is 0 Å². The monoisotopic (exact) mass is 509 g/mol. The van der Waals surface area contributed by atoms with Crippen LogP contribution in [0.2, 0.25) is 0 Å². The zero-order chi connectivity index (χ0) is 26.0. The van der Waals surface area contributed by atoms with Crippen molar-refractivity contribution in [3.05, 3.63) is 35.8 Å². The van der Waals surface area contributed by atoms with E-state index in [2.05, 4.69) is 34.8 Å². The zero-order valence-electron chi connectivity index (χ0n) is 21.6. The van der Waals surface area contributed by atoms with Crippen LogP contribution in [0.3, 0.4) is 0 Å². The molecule has 3 N–H and O–H groups in total. The van der Waals surface area contributed by atoms with E-state index in [1.165, 1.54) is 6.07 Å². The standard InChI is InChI=1S/C27H36FN7O2/c1-18(2)27(7-3-8-27)35(17-36)24-20(14-19-6-9-30-25(19)37)16-31-26(33-24)32-21-4-5-23(22(28)15-21)34-12-10-29-11-13-34/h4-5,15-19,29H,3,6-14H2,1-2H3,(H,30,37)(H,31,32,33)/t19-/m0/s1. The smallest absolute Gasteiger partial charge is 0.229 e. The Morgan fingerprint density at radius 2 is 2.05 bits per heavy atom. The van der Waals surface area contributed by atoms with E-state index in [0.717, 1.165) is 63.8 Å². The number of rotatable bonds is 9. The number of hydrogen-bond acceptors (Lipinski definition) is 7. The lowest BCUT2D eigenvalue weighted by Crippen LogP contribution is -2.57. The maximum absolute atomic E-state index is 15.0. The molecule has 10 heteroatoms. The Balaban J connectivity index is 1.45. The van der Waals surface area contributed by atoms with Crippen molar-refractivity contribution >= 4 is 35.5 Å². The summed E-state index contributed by atoms with van der Waals surface area (Å²) in [7, 11) is 0. The van der Waals surface area contributed by atoms with E-state index in [-0.39, 0.29) is 35.0 Å². The predicted molar refractivity (Wildman–Crippen MR) is 142 cm³/mol. The minimum atomic E-state index is -0.308. The molecule has 198 valence electrons. The summed E-state index contributed by atoms with van der Waals surface area (Å²) >= 11 is 0. The summed E-state index contributed by atoms with van der Waals surface area (Å²) in [4.78, 5) is 37.9. The molecule has 3 heterocycles. The van der Waals surface area contributed by atoms with Crippen molar-refractivity contribution < 1.29 is 14.0 Å². The summed E-state index contributed by atoms with van der Waals surface area (Å²) in [6.45, 7) is 8.09. The minimum Gasteiger partial charge on any atom is -0.367 e. The number of carbonyl (C=O) groups is 2. The fourth-order valence-electron chi connectivity index (χ4n) is 5.79.